The first-order valence-corrected chi connectivity index (χ1v) is 9.61. The van der Waals surface area contributed by atoms with E-state index in [4.69, 9.17) is 5.11 Å². The molecule has 2 amide bonds. The molecule has 168 valence electrons. The average molecular weight is 432 g/mol. The highest BCUT2D eigenvalue weighted by Crippen LogP contribution is 2.20. The summed E-state index contributed by atoms with van der Waals surface area (Å²) in [6.45, 7) is 5.89. The molecule has 0 saturated heterocycles. The second kappa shape index (κ2) is 12.1. The number of hydrogen-bond acceptors (Lipinski definition) is 5. The summed E-state index contributed by atoms with van der Waals surface area (Å²) in [5, 5.41) is 10.7. The van der Waals surface area contributed by atoms with E-state index in [2.05, 4.69) is 15.2 Å². The van der Waals surface area contributed by atoms with Crippen molar-refractivity contribution in [1.82, 2.24) is 20.1 Å². The van der Waals surface area contributed by atoms with Crippen molar-refractivity contribution in [2.75, 3.05) is 26.2 Å². The minimum Gasteiger partial charge on any atom is -0.474 e. The fraction of sp³-hybridized carbons (Fsp3) is 0.579. The van der Waals surface area contributed by atoms with Crippen molar-refractivity contribution >= 4 is 17.8 Å². The van der Waals surface area contributed by atoms with Crippen LogP contribution in [-0.4, -0.2) is 70.0 Å². The Kier molecular flexibility index (Phi) is 10.2. The molecule has 0 radical (unpaired) electrons. The van der Waals surface area contributed by atoms with E-state index < -0.39 is 24.0 Å². The van der Waals surface area contributed by atoms with Gasteiger partial charge in [0, 0.05) is 19.3 Å². The standard InChI is InChI=1S/C19H27F3N4O4/c1-3-25(4-2)9-5-6-10-26(18(30)19(20,21)22)13-15-11-14(7-8-23-15)12-24-16(27)17(28)29/h7-8,11H,3-6,9-10,12-13H2,1-2H3,(H,24,27)(H,28,29). The number of carboxylic acid groups (broad SMARTS) is 1. The van der Waals surface area contributed by atoms with E-state index in [1.165, 1.54) is 18.3 Å². The van der Waals surface area contributed by atoms with Crippen molar-refractivity contribution in [1.29, 1.82) is 0 Å². The first-order valence-electron chi connectivity index (χ1n) is 9.61. The number of carbonyl (C=O) groups excluding carboxylic acids is 2. The predicted octanol–water partition coefficient (Wildman–Crippen LogP) is 1.80. The van der Waals surface area contributed by atoms with E-state index in [1.807, 2.05) is 13.8 Å². The lowest BCUT2D eigenvalue weighted by atomic mass is 10.2. The van der Waals surface area contributed by atoms with Gasteiger partial charge in [0.25, 0.3) is 0 Å². The lowest BCUT2D eigenvalue weighted by Gasteiger charge is -2.24. The zero-order chi connectivity index (χ0) is 22.7. The van der Waals surface area contributed by atoms with Crippen LogP contribution in [0.4, 0.5) is 13.2 Å². The molecule has 0 aliphatic heterocycles. The molecule has 0 unspecified atom stereocenters. The monoisotopic (exact) mass is 432 g/mol. The fourth-order valence-electron chi connectivity index (χ4n) is 2.79. The highest BCUT2D eigenvalue weighted by atomic mass is 19.4. The van der Waals surface area contributed by atoms with Crippen LogP contribution in [0.3, 0.4) is 0 Å². The molecule has 0 aliphatic carbocycles. The number of alkyl halides is 3. The number of hydrogen-bond donors (Lipinski definition) is 2. The van der Waals surface area contributed by atoms with Crippen LogP contribution in [0.5, 0.6) is 0 Å². The number of rotatable bonds is 11. The van der Waals surface area contributed by atoms with Crippen molar-refractivity contribution in [2.24, 2.45) is 0 Å². The van der Waals surface area contributed by atoms with Crippen molar-refractivity contribution < 1.29 is 32.7 Å². The van der Waals surface area contributed by atoms with Gasteiger partial charge in [0.1, 0.15) is 0 Å². The Morgan fingerprint density at radius 3 is 2.33 bits per heavy atom. The predicted molar refractivity (Wildman–Crippen MR) is 102 cm³/mol. The Morgan fingerprint density at radius 1 is 1.13 bits per heavy atom. The third-order valence-electron chi connectivity index (χ3n) is 4.46. The van der Waals surface area contributed by atoms with Gasteiger partial charge >= 0.3 is 24.0 Å². The quantitative estimate of drug-likeness (QED) is 0.408. The smallest absolute Gasteiger partial charge is 0.471 e. The number of aromatic nitrogens is 1. The molecule has 0 aromatic carbocycles. The molecule has 0 saturated carbocycles. The highest BCUT2D eigenvalue weighted by Gasteiger charge is 2.42. The van der Waals surface area contributed by atoms with Gasteiger partial charge in [-0.1, -0.05) is 13.8 Å². The number of nitrogens with one attached hydrogen (secondary N) is 1. The highest BCUT2D eigenvalue weighted by molar-refractivity contribution is 6.31. The summed E-state index contributed by atoms with van der Waals surface area (Å²) in [5.74, 6) is -4.77. The minimum atomic E-state index is -4.99. The number of carboxylic acids is 1. The molecule has 0 fully saturated rings. The molecule has 0 aliphatic rings. The van der Waals surface area contributed by atoms with Crippen LogP contribution in [0.15, 0.2) is 18.3 Å². The van der Waals surface area contributed by atoms with Gasteiger partial charge in [-0.05, 0) is 50.2 Å². The SMILES string of the molecule is CCN(CC)CCCCN(Cc1cc(CNC(=O)C(=O)O)ccn1)C(=O)C(F)(F)F. The second-order valence-corrected chi connectivity index (χ2v) is 6.60. The number of unbranched alkanes of at least 4 members (excludes halogenated alkanes) is 1. The molecule has 0 bridgehead atoms. The summed E-state index contributed by atoms with van der Waals surface area (Å²) in [5.41, 5.74) is 0.661. The fourth-order valence-corrected chi connectivity index (χ4v) is 2.79. The first kappa shape index (κ1) is 25.3. The molecule has 1 heterocycles. The third-order valence-corrected chi connectivity index (χ3v) is 4.46. The summed E-state index contributed by atoms with van der Waals surface area (Å²) in [6.07, 6.45) is -2.61. The molecule has 8 nitrogen and oxygen atoms in total. The Labute approximate surface area is 173 Å². The maximum Gasteiger partial charge on any atom is 0.471 e. The Bertz CT molecular complexity index is 724. The molecule has 0 spiro atoms. The molecule has 11 heteroatoms. The number of carbonyl (C=O) groups is 3. The Balaban J connectivity index is 2.78. The number of amides is 2. The normalized spacial score (nSPS) is 11.4. The summed E-state index contributed by atoms with van der Waals surface area (Å²) in [4.78, 5) is 40.3. The zero-order valence-corrected chi connectivity index (χ0v) is 17.0. The van der Waals surface area contributed by atoms with Crippen molar-refractivity contribution in [3.63, 3.8) is 0 Å². The van der Waals surface area contributed by atoms with Gasteiger partial charge in [0.15, 0.2) is 0 Å². The lowest BCUT2D eigenvalue weighted by Crippen LogP contribution is -2.41. The molecular formula is C19H27F3N4O4. The van der Waals surface area contributed by atoms with Gasteiger partial charge in [-0.25, -0.2) is 4.79 Å². The maximum absolute atomic E-state index is 13.0. The largest absolute Gasteiger partial charge is 0.474 e. The lowest BCUT2D eigenvalue weighted by molar-refractivity contribution is -0.186. The molecule has 2 N–H and O–H groups in total. The Hall–Kier alpha value is -2.69. The van der Waals surface area contributed by atoms with Crippen LogP contribution < -0.4 is 5.32 Å². The van der Waals surface area contributed by atoms with E-state index in [-0.39, 0.29) is 25.3 Å². The van der Waals surface area contributed by atoms with Crippen molar-refractivity contribution in [3.8, 4) is 0 Å². The van der Waals surface area contributed by atoms with Gasteiger partial charge < -0.3 is 20.2 Å². The van der Waals surface area contributed by atoms with Crippen molar-refractivity contribution in [3.05, 3.63) is 29.6 Å². The molecule has 30 heavy (non-hydrogen) atoms. The molecule has 1 aromatic heterocycles. The van der Waals surface area contributed by atoms with Crippen LogP contribution in [0, 0.1) is 0 Å². The molecule has 0 atom stereocenters. The number of nitrogens with zero attached hydrogens (tertiary/aromatic N) is 3. The average Bonchev–Trinajstić information content (AvgIpc) is 2.70. The maximum atomic E-state index is 13.0. The van der Waals surface area contributed by atoms with E-state index in [0.29, 0.717) is 23.3 Å². The van der Waals surface area contributed by atoms with E-state index in [0.717, 1.165) is 19.6 Å². The van der Waals surface area contributed by atoms with E-state index >= 15 is 0 Å². The van der Waals surface area contributed by atoms with Gasteiger partial charge in [0.05, 0.1) is 12.2 Å². The van der Waals surface area contributed by atoms with Gasteiger partial charge in [-0.3, -0.25) is 14.6 Å². The third kappa shape index (κ3) is 8.76. The van der Waals surface area contributed by atoms with Gasteiger partial charge in [-0.2, -0.15) is 13.2 Å². The summed E-state index contributed by atoms with van der Waals surface area (Å²) < 4.78 is 39.0. The molecular weight excluding hydrogens is 405 g/mol. The topological polar surface area (TPSA) is 103 Å². The molecule has 1 aromatic rings. The first-order chi connectivity index (χ1) is 14.1. The van der Waals surface area contributed by atoms with Crippen LogP contribution in [0.25, 0.3) is 0 Å². The van der Waals surface area contributed by atoms with Crippen LogP contribution in [0.2, 0.25) is 0 Å². The Morgan fingerprint density at radius 2 is 1.77 bits per heavy atom. The second-order valence-electron chi connectivity index (χ2n) is 6.60. The van der Waals surface area contributed by atoms with Gasteiger partial charge in [0.2, 0.25) is 0 Å². The number of halogens is 3. The van der Waals surface area contributed by atoms with Crippen LogP contribution in [-0.2, 0) is 27.5 Å². The summed E-state index contributed by atoms with van der Waals surface area (Å²) >= 11 is 0. The van der Waals surface area contributed by atoms with Gasteiger partial charge in [-0.15, -0.1) is 0 Å². The van der Waals surface area contributed by atoms with Crippen LogP contribution >= 0.6 is 0 Å². The van der Waals surface area contributed by atoms with E-state index in [1.54, 1.807) is 0 Å². The van der Waals surface area contributed by atoms with Crippen LogP contribution in [0.1, 0.15) is 37.9 Å². The zero-order valence-electron chi connectivity index (χ0n) is 17.0. The number of pyridine rings is 1. The van der Waals surface area contributed by atoms with E-state index in [9.17, 15) is 27.6 Å². The molecule has 1 rings (SSSR count). The summed E-state index contributed by atoms with van der Waals surface area (Å²) in [6, 6.07) is 2.92. The summed E-state index contributed by atoms with van der Waals surface area (Å²) in [7, 11) is 0. The minimum absolute atomic E-state index is 0.0682. The number of aliphatic carboxylic acids is 1. The van der Waals surface area contributed by atoms with Crippen molar-refractivity contribution in [2.45, 2.75) is 46.0 Å².